The Bertz CT molecular complexity index is 350. The van der Waals surface area contributed by atoms with Crippen molar-refractivity contribution in [2.24, 2.45) is 0 Å². The molecule has 0 atom stereocenters. The molecule has 1 aromatic carbocycles. The molecule has 0 bridgehead atoms. The summed E-state index contributed by atoms with van der Waals surface area (Å²) in [5.41, 5.74) is 1.06. The van der Waals surface area contributed by atoms with Crippen molar-refractivity contribution < 1.29 is 14.2 Å². The molecule has 0 spiro atoms. The van der Waals surface area contributed by atoms with Gasteiger partial charge in [0.1, 0.15) is 11.5 Å². The number of hydrogen-bond acceptors (Lipinski definition) is 5. The van der Waals surface area contributed by atoms with Gasteiger partial charge in [-0.2, -0.15) is 0 Å². The molecule has 2 N–H and O–H groups in total. The summed E-state index contributed by atoms with van der Waals surface area (Å²) in [5, 5.41) is 6.73. The van der Waals surface area contributed by atoms with Crippen LogP contribution >= 0.6 is 0 Å². The molecule has 1 rings (SSSR count). The standard InChI is InChI=1S/C15H26N2O3/c1-18-11-10-16-8-5-9-17-12-13-14(19-2)6-4-7-15(13)20-3/h4,6-7,16-17H,5,8-12H2,1-3H3. The number of hydrogen-bond donors (Lipinski definition) is 2. The Balaban J connectivity index is 2.27. The molecule has 0 amide bonds. The molecular formula is C15H26N2O3. The van der Waals surface area contributed by atoms with E-state index in [1.54, 1.807) is 21.3 Å². The van der Waals surface area contributed by atoms with E-state index in [0.29, 0.717) is 0 Å². The van der Waals surface area contributed by atoms with Crippen LogP contribution in [0.5, 0.6) is 11.5 Å². The zero-order chi connectivity index (χ0) is 14.6. The lowest BCUT2D eigenvalue weighted by Gasteiger charge is -2.13. The van der Waals surface area contributed by atoms with Gasteiger partial charge in [-0.3, -0.25) is 0 Å². The molecular weight excluding hydrogens is 256 g/mol. The largest absolute Gasteiger partial charge is 0.496 e. The van der Waals surface area contributed by atoms with Gasteiger partial charge < -0.3 is 24.8 Å². The summed E-state index contributed by atoms with van der Waals surface area (Å²) in [6, 6.07) is 5.83. The van der Waals surface area contributed by atoms with Crippen molar-refractivity contribution in [3.8, 4) is 11.5 Å². The lowest BCUT2D eigenvalue weighted by molar-refractivity contribution is 0.199. The summed E-state index contributed by atoms with van der Waals surface area (Å²) in [4.78, 5) is 0. The molecule has 0 saturated heterocycles. The average Bonchev–Trinajstić information content (AvgIpc) is 2.49. The Kier molecular flexibility index (Phi) is 8.78. The van der Waals surface area contributed by atoms with Gasteiger partial charge >= 0.3 is 0 Å². The van der Waals surface area contributed by atoms with Crippen LogP contribution in [0.15, 0.2) is 18.2 Å². The molecule has 0 heterocycles. The summed E-state index contributed by atoms with van der Waals surface area (Å²) in [6.07, 6.45) is 1.07. The smallest absolute Gasteiger partial charge is 0.127 e. The predicted molar refractivity (Wildman–Crippen MR) is 80.6 cm³/mol. The van der Waals surface area contributed by atoms with Crippen molar-refractivity contribution >= 4 is 0 Å². The van der Waals surface area contributed by atoms with Crippen LogP contribution in [-0.2, 0) is 11.3 Å². The van der Waals surface area contributed by atoms with Gasteiger partial charge in [-0.1, -0.05) is 6.07 Å². The molecule has 1 aromatic rings. The Hall–Kier alpha value is -1.30. The minimum atomic E-state index is 0.741. The molecule has 0 aromatic heterocycles. The fourth-order valence-corrected chi connectivity index (χ4v) is 1.95. The highest BCUT2D eigenvalue weighted by Gasteiger charge is 2.08. The predicted octanol–water partition coefficient (Wildman–Crippen LogP) is 1.42. The van der Waals surface area contributed by atoms with E-state index in [-0.39, 0.29) is 0 Å². The number of rotatable bonds is 11. The molecule has 0 radical (unpaired) electrons. The van der Waals surface area contributed by atoms with E-state index in [4.69, 9.17) is 14.2 Å². The van der Waals surface area contributed by atoms with Crippen LogP contribution in [0.2, 0.25) is 0 Å². The fraction of sp³-hybridized carbons (Fsp3) is 0.600. The number of methoxy groups -OCH3 is 3. The van der Waals surface area contributed by atoms with Crippen molar-refractivity contribution in [2.45, 2.75) is 13.0 Å². The molecule has 0 fully saturated rings. The van der Waals surface area contributed by atoms with Crippen LogP contribution in [0.3, 0.4) is 0 Å². The van der Waals surface area contributed by atoms with Crippen LogP contribution in [0.1, 0.15) is 12.0 Å². The number of ether oxygens (including phenoxy) is 3. The lowest BCUT2D eigenvalue weighted by atomic mass is 10.1. The van der Waals surface area contributed by atoms with Crippen LogP contribution in [-0.4, -0.2) is 47.6 Å². The zero-order valence-corrected chi connectivity index (χ0v) is 12.7. The van der Waals surface area contributed by atoms with Crippen LogP contribution in [0.4, 0.5) is 0 Å². The van der Waals surface area contributed by atoms with Gasteiger partial charge in [0.2, 0.25) is 0 Å². The molecule has 0 aliphatic heterocycles. The van der Waals surface area contributed by atoms with Crippen LogP contribution in [0.25, 0.3) is 0 Å². The third kappa shape index (κ3) is 5.77. The molecule has 5 nitrogen and oxygen atoms in total. The van der Waals surface area contributed by atoms with E-state index < -0.39 is 0 Å². The summed E-state index contributed by atoms with van der Waals surface area (Å²) < 4.78 is 15.7. The molecule has 0 saturated carbocycles. The van der Waals surface area contributed by atoms with Gasteiger partial charge in [0.05, 0.1) is 20.8 Å². The Morgan fingerprint density at radius 2 is 1.55 bits per heavy atom. The number of benzene rings is 1. The van der Waals surface area contributed by atoms with E-state index in [2.05, 4.69) is 10.6 Å². The maximum atomic E-state index is 5.36. The van der Waals surface area contributed by atoms with Gasteiger partial charge in [0, 0.05) is 25.8 Å². The van der Waals surface area contributed by atoms with Crippen LogP contribution in [0, 0.1) is 0 Å². The first-order valence-corrected chi connectivity index (χ1v) is 6.93. The number of nitrogens with one attached hydrogen (secondary N) is 2. The zero-order valence-electron chi connectivity index (χ0n) is 12.7. The second-order valence-electron chi connectivity index (χ2n) is 4.41. The normalized spacial score (nSPS) is 10.6. The molecule has 114 valence electrons. The summed E-state index contributed by atoms with van der Waals surface area (Å²) in [5.74, 6) is 1.71. The molecule has 0 unspecified atom stereocenters. The van der Waals surface area contributed by atoms with Gasteiger partial charge in [-0.15, -0.1) is 0 Å². The Labute approximate surface area is 121 Å². The first kappa shape index (κ1) is 16.8. The average molecular weight is 282 g/mol. The van der Waals surface area contributed by atoms with Gasteiger partial charge in [-0.25, -0.2) is 0 Å². The molecule has 0 aliphatic carbocycles. The van der Waals surface area contributed by atoms with E-state index in [0.717, 1.165) is 56.3 Å². The first-order valence-electron chi connectivity index (χ1n) is 6.93. The monoisotopic (exact) mass is 282 g/mol. The van der Waals surface area contributed by atoms with Crippen molar-refractivity contribution in [3.63, 3.8) is 0 Å². The van der Waals surface area contributed by atoms with Gasteiger partial charge in [0.15, 0.2) is 0 Å². The highest BCUT2D eigenvalue weighted by molar-refractivity contribution is 5.44. The summed E-state index contributed by atoms with van der Waals surface area (Å²) >= 11 is 0. The quantitative estimate of drug-likeness (QED) is 0.601. The Morgan fingerprint density at radius 3 is 2.15 bits per heavy atom. The van der Waals surface area contributed by atoms with E-state index in [1.807, 2.05) is 18.2 Å². The van der Waals surface area contributed by atoms with Crippen molar-refractivity contribution in [3.05, 3.63) is 23.8 Å². The molecule has 0 aliphatic rings. The van der Waals surface area contributed by atoms with Gasteiger partial charge in [-0.05, 0) is 31.6 Å². The second-order valence-corrected chi connectivity index (χ2v) is 4.41. The van der Waals surface area contributed by atoms with E-state index in [1.165, 1.54) is 0 Å². The third-order valence-electron chi connectivity index (χ3n) is 3.02. The molecule has 5 heteroatoms. The van der Waals surface area contributed by atoms with Crippen molar-refractivity contribution in [2.75, 3.05) is 47.6 Å². The second kappa shape index (κ2) is 10.5. The molecule has 20 heavy (non-hydrogen) atoms. The van der Waals surface area contributed by atoms with Crippen LogP contribution < -0.4 is 20.1 Å². The minimum Gasteiger partial charge on any atom is -0.496 e. The highest BCUT2D eigenvalue weighted by atomic mass is 16.5. The lowest BCUT2D eigenvalue weighted by Crippen LogP contribution is -2.24. The maximum absolute atomic E-state index is 5.36. The summed E-state index contributed by atoms with van der Waals surface area (Å²) in [7, 11) is 5.07. The van der Waals surface area contributed by atoms with E-state index in [9.17, 15) is 0 Å². The highest BCUT2D eigenvalue weighted by Crippen LogP contribution is 2.27. The topological polar surface area (TPSA) is 51.8 Å². The van der Waals surface area contributed by atoms with Crippen molar-refractivity contribution in [1.29, 1.82) is 0 Å². The summed E-state index contributed by atoms with van der Waals surface area (Å²) in [6.45, 7) is 4.33. The van der Waals surface area contributed by atoms with Crippen molar-refractivity contribution in [1.82, 2.24) is 10.6 Å². The Morgan fingerprint density at radius 1 is 0.900 bits per heavy atom. The fourth-order valence-electron chi connectivity index (χ4n) is 1.95. The minimum absolute atomic E-state index is 0.741. The van der Waals surface area contributed by atoms with E-state index >= 15 is 0 Å². The first-order chi connectivity index (χ1) is 9.83. The SMILES string of the molecule is COCCNCCCNCc1c(OC)cccc1OC. The third-order valence-corrected chi connectivity index (χ3v) is 3.02. The maximum Gasteiger partial charge on any atom is 0.127 e. The van der Waals surface area contributed by atoms with Gasteiger partial charge in [0.25, 0.3) is 0 Å².